The largest absolute Gasteiger partial charge is 0.384 e. The molecule has 0 bridgehead atoms. The van der Waals surface area contributed by atoms with Crippen molar-refractivity contribution < 1.29 is 4.79 Å². The van der Waals surface area contributed by atoms with Crippen molar-refractivity contribution in [1.29, 1.82) is 0 Å². The van der Waals surface area contributed by atoms with Crippen molar-refractivity contribution >= 4 is 50.8 Å². The van der Waals surface area contributed by atoms with Gasteiger partial charge in [0.15, 0.2) is 5.65 Å². The van der Waals surface area contributed by atoms with Crippen LogP contribution < -0.4 is 16.0 Å². The lowest BCUT2D eigenvalue weighted by molar-refractivity contribution is 0.0953. The van der Waals surface area contributed by atoms with Crippen molar-refractivity contribution in [3.63, 3.8) is 0 Å². The second-order valence-electron chi connectivity index (χ2n) is 11.7. The second kappa shape index (κ2) is 13.3. The van der Waals surface area contributed by atoms with E-state index in [0.717, 1.165) is 90.7 Å². The Balaban J connectivity index is 1.05. The number of benzene rings is 1. The van der Waals surface area contributed by atoms with E-state index in [0.29, 0.717) is 18.2 Å². The monoisotopic (exact) mass is 587 g/mol. The Morgan fingerprint density at radius 3 is 2.67 bits per heavy atom. The zero-order valence-electron chi connectivity index (χ0n) is 24.6. The molecule has 0 unspecified atom stereocenters. The minimum atomic E-state index is -0.0724. The van der Waals surface area contributed by atoms with Crippen LogP contribution in [0.15, 0.2) is 30.6 Å². The summed E-state index contributed by atoms with van der Waals surface area (Å²) in [7, 11) is 0. The van der Waals surface area contributed by atoms with Gasteiger partial charge < -0.3 is 16.0 Å². The van der Waals surface area contributed by atoms with Crippen molar-refractivity contribution in [2.75, 3.05) is 23.7 Å². The Morgan fingerprint density at radius 1 is 0.976 bits per heavy atom. The fourth-order valence-corrected chi connectivity index (χ4v) is 6.74. The standard InChI is InChI=1S/C33H42ClN7O/c1-2-41-32-26(21-38-41)31(39-23-11-5-3-6-12-23)27(20-37-32)33(42)36-18-10-4-9-17-35-30-24-13-7-8-14-28(24)40-29-16-15-22(34)19-25(29)30/h15-16,19-21,23H,2-14,17-18H2,1H3,(H,35,40)(H,36,42)(H,37,39). The van der Waals surface area contributed by atoms with Crippen LogP contribution in [-0.4, -0.2) is 44.8 Å². The molecular weight excluding hydrogens is 546 g/mol. The highest BCUT2D eigenvalue weighted by Crippen LogP contribution is 2.35. The number of pyridine rings is 2. The number of fused-ring (bicyclic) bond motifs is 3. The summed E-state index contributed by atoms with van der Waals surface area (Å²) in [5.74, 6) is -0.0724. The number of halogens is 1. The van der Waals surface area contributed by atoms with Crippen LogP contribution in [0.4, 0.5) is 11.4 Å². The molecular formula is C33H42ClN7O. The third-order valence-corrected chi connectivity index (χ3v) is 9.06. The van der Waals surface area contributed by atoms with E-state index in [2.05, 4.69) is 33.0 Å². The van der Waals surface area contributed by atoms with Gasteiger partial charge in [-0.05, 0) is 88.5 Å². The minimum absolute atomic E-state index is 0.0724. The third kappa shape index (κ3) is 6.19. The van der Waals surface area contributed by atoms with Crippen LogP contribution >= 0.6 is 11.6 Å². The molecule has 0 spiro atoms. The van der Waals surface area contributed by atoms with Crippen molar-refractivity contribution in [1.82, 2.24) is 25.1 Å². The van der Waals surface area contributed by atoms with E-state index in [1.807, 2.05) is 29.1 Å². The number of aryl methyl sites for hydroxylation is 2. The molecule has 3 aromatic heterocycles. The highest BCUT2D eigenvalue weighted by atomic mass is 35.5. The SMILES string of the molecule is CCn1ncc2c(NC3CCCCC3)c(C(=O)NCCCCCNc3c4c(nc5ccc(Cl)cc35)CCCC4)cnc21. The third-order valence-electron chi connectivity index (χ3n) is 8.83. The first-order valence-electron chi connectivity index (χ1n) is 15.9. The van der Waals surface area contributed by atoms with E-state index < -0.39 is 0 Å². The van der Waals surface area contributed by atoms with E-state index in [1.54, 1.807) is 6.20 Å². The predicted molar refractivity (Wildman–Crippen MR) is 172 cm³/mol. The summed E-state index contributed by atoms with van der Waals surface area (Å²) in [6, 6.07) is 6.37. The van der Waals surface area contributed by atoms with E-state index in [1.165, 1.54) is 49.0 Å². The zero-order valence-corrected chi connectivity index (χ0v) is 25.4. The Kier molecular flexibility index (Phi) is 9.08. The van der Waals surface area contributed by atoms with Crippen LogP contribution in [0.5, 0.6) is 0 Å². The fraction of sp³-hybridized carbons (Fsp3) is 0.515. The lowest BCUT2D eigenvalue weighted by atomic mass is 9.92. The fourth-order valence-electron chi connectivity index (χ4n) is 6.57. The first kappa shape index (κ1) is 28.7. The molecule has 42 heavy (non-hydrogen) atoms. The lowest BCUT2D eigenvalue weighted by Gasteiger charge is -2.25. The Bertz CT molecular complexity index is 1560. The number of hydrogen-bond donors (Lipinski definition) is 3. The molecule has 2 aliphatic carbocycles. The number of anilines is 2. The molecule has 3 N–H and O–H groups in total. The summed E-state index contributed by atoms with van der Waals surface area (Å²) < 4.78 is 1.89. The molecule has 0 radical (unpaired) electrons. The van der Waals surface area contributed by atoms with Gasteiger partial charge in [0, 0.05) is 53.7 Å². The normalized spacial score (nSPS) is 15.6. The van der Waals surface area contributed by atoms with Gasteiger partial charge in [-0.3, -0.25) is 9.78 Å². The van der Waals surface area contributed by atoms with Crippen LogP contribution in [0.2, 0.25) is 5.02 Å². The topological polar surface area (TPSA) is 96.8 Å². The average molecular weight is 588 g/mol. The van der Waals surface area contributed by atoms with Crippen molar-refractivity contribution in [2.24, 2.45) is 0 Å². The molecule has 8 nitrogen and oxygen atoms in total. The molecule has 1 aromatic carbocycles. The quantitative estimate of drug-likeness (QED) is 0.159. The van der Waals surface area contributed by atoms with E-state index in [9.17, 15) is 4.79 Å². The molecule has 0 saturated heterocycles. The molecule has 1 saturated carbocycles. The van der Waals surface area contributed by atoms with Crippen molar-refractivity contribution in [3.8, 4) is 0 Å². The zero-order chi connectivity index (χ0) is 28.9. The van der Waals surface area contributed by atoms with Crippen LogP contribution in [-0.2, 0) is 19.4 Å². The summed E-state index contributed by atoms with van der Waals surface area (Å²) in [5.41, 5.74) is 7.12. The Morgan fingerprint density at radius 2 is 1.81 bits per heavy atom. The van der Waals surface area contributed by atoms with E-state index >= 15 is 0 Å². The summed E-state index contributed by atoms with van der Waals surface area (Å²) >= 11 is 6.35. The highest BCUT2D eigenvalue weighted by Gasteiger charge is 2.22. The summed E-state index contributed by atoms with van der Waals surface area (Å²) in [6.45, 7) is 4.31. The van der Waals surface area contributed by atoms with Crippen molar-refractivity contribution in [2.45, 2.75) is 96.6 Å². The Labute approximate surface area is 253 Å². The van der Waals surface area contributed by atoms with Gasteiger partial charge >= 0.3 is 0 Å². The van der Waals surface area contributed by atoms with Gasteiger partial charge in [-0.15, -0.1) is 0 Å². The molecule has 2 aliphatic rings. The lowest BCUT2D eigenvalue weighted by Crippen LogP contribution is -2.28. The number of unbranched alkanes of at least 4 members (excludes halogenated alkanes) is 2. The summed E-state index contributed by atoms with van der Waals surface area (Å²) in [6.07, 6.45) is 17.0. The molecule has 222 valence electrons. The second-order valence-corrected chi connectivity index (χ2v) is 12.2. The molecule has 1 fully saturated rings. The maximum atomic E-state index is 13.3. The number of carbonyl (C=O) groups excluding carboxylic acids is 1. The molecule has 0 aliphatic heterocycles. The predicted octanol–water partition coefficient (Wildman–Crippen LogP) is 7.29. The maximum absolute atomic E-state index is 13.3. The highest BCUT2D eigenvalue weighted by molar-refractivity contribution is 6.31. The number of nitrogens with one attached hydrogen (secondary N) is 3. The first-order chi connectivity index (χ1) is 20.6. The number of hydrogen-bond acceptors (Lipinski definition) is 6. The number of nitrogens with zero attached hydrogens (tertiary/aromatic N) is 4. The van der Waals surface area contributed by atoms with Gasteiger partial charge in [-0.2, -0.15) is 5.10 Å². The molecule has 1 amide bonds. The van der Waals surface area contributed by atoms with Crippen LogP contribution in [0, 0.1) is 0 Å². The van der Waals surface area contributed by atoms with Gasteiger partial charge in [0.25, 0.3) is 5.91 Å². The molecule has 0 atom stereocenters. The van der Waals surface area contributed by atoms with Gasteiger partial charge in [-0.1, -0.05) is 30.9 Å². The number of amides is 1. The van der Waals surface area contributed by atoms with Gasteiger partial charge in [0.1, 0.15) is 0 Å². The number of carbonyl (C=O) groups is 1. The summed E-state index contributed by atoms with van der Waals surface area (Å²) in [4.78, 5) is 22.9. The van der Waals surface area contributed by atoms with Gasteiger partial charge in [0.2, 0.25) is 0 Å². The molecule has 4 aromatic rings. The minimum Gasteiger partial charge on any atom is -0.384 e. The number of aromatic nitrogens is 4. The molecule has 9 heteroatoms. The van der Waals surface area contributed by atoms with E-state index in [-0.39, 0.29) is 5.91 Å². The van der Waals surface area contributed by atoms with Crippen LogP contribution in [0.25, 0.3) is 21.9 Å². The van der Waals surface area contributed by atoms with Gasteiger partial charge in [0.05, 0.1) is 28.4 Å². The smallest absolute Gasteiger partial charge is 0.254 e. The maximum Gasteiger partial charge on any atom is 0.254 e. The van der Waals surface area contributed by atoms with Crippen molar-refractivity contribution in [3.05, 3.63) is 52.4 Å². The molecule has 6 rings (SSSR count). The molecule has 3 heterocycles. The Hall–Kier alpha value is -3.39. The number of rotatable bonds is 11. The first-order valence-corrected chi connectivity index (χ1v) is 16.2. The van der Waals surface area contributed by atoms with Crippen LogP contribution in [0.3, 0.4) is 0 Å². The van der Waals surface area contributed by atoms with E-state index in [4.69, 9.17) is 16.6 Å². The van der Waals surface area contributed by atoms with Gasteiger partial charge in [-0.25, -0.2) is 9.67 Å². The summed E-state index contributed by atoms with van der Waals surface area (Å²) in [5, 5.41) is 17.9. The van der Waals surface area contributed by atoms with Crippen LogP contribution in [0.1, 0.15) is 92.7 Å². The average Bonchev–Trinajstić information content (AvgIpc) is 3.44.